The van der Waals surface area contributed by atoms with E-state index in [-0.39, 0.29) is 5.91 Å². The monoisotopic (exact) mass is 337 g/mol. The van der Waals surface area contributed by atoms with Crippen LogP contribution in [0.1, 0.15) is 11.3 Å². The molecule has 1 amide bonds. The molecule has 0 aliphatic carbocycles. The standard InChI is InChI=1S/C20H16ClNO2/c1-14-6-8-15(9-7-14)22-20(23)13-11-16-10-12-19(24-16)17-4-2-3-5-18(17)21/h2-13H,1H3,(H,22,23)/b13-11+. The zero-order valence-corrected chi connectivity index (χ0v) is 13.9. The van der Waals surface area contributed by atoms with Crippen LogP contribution in [0.25, 0.3) is 17.4 Å². The summed E-state index contributed by atoms with van der Waals surface area (Å²) in [6.45, 7) is 2.00. The molecule has 24 heavy (non-hydrogen) atoms. The van der Waals surface area contributed by atoms with E-state index < -0.39 is 0 Å². The molecule has 2 aromatic carbocycles. The Morgan fingerprint density at radius 3 is 2.54 bits per heavy atom. The van der Waals surface area contributed by atoms with Crippen molar-refractivity contribution in [2.45, 2.75) is 6.92 Å². The molecular weight excluding hydrogens is 322 g/mol. The number of carbonyl (C=O) groups excluding carboxylic acids is 1. The van der Waals surface area contributed by atoms with Gasteiger partial charge in [0, 0.05) is 17.3 Å². The quantitative estimate of drug-likeness (QED) is 0.633. The summed E-state index contributed by atoms with van der Waals surface area (Å²) in [5.74, 6) is 1.04. The van der Waals surface area contributed by atoms with E-state index in [4.69, 9.17) is 16.0 Å². The smallest absolute Gasteiger partial charge is 0.248 e. The molecule has 3 aromatic rings. The molecule has 0 bridgehead atoms. The van der Waals surface area contributed by atoms with Gasteiger partial charge in [0.05, 0.1) is 5.02 Å². The minimum Gasteiger partial charge on any atom is -0.457 e. The molecule has 3 nitrogen and oxygen atoms in total. The van der Waals surface area contributed by atoms with Gasteiger partial charge in [0.25, 0.3) is 0 Å². The lowest BCUT2D eigenvalue weighted by molar-refractivity contribution is -0.111. The SMILES string of the molecule is Cc1ccc(NC(=O)/C=C/c2ccc(-c3ccccc3Cl)o2)cc1. The average molecular weight is 338 g/mol. The van der Waals surface area contributed by atoms with E-state index in [1.54, 1.807) is 12.1 Å². The summed E-state index contributed by atoms with van der Waals surface area (Å²) < 4.78 is 5.72. The highest BCUT2D eigenvalue weighted by Gasteiger charge is 2.07. The largest absolute Gasteiger partial charge is 0.457 e. The summed E-state index contributed by atoms with van der Waals surface area (Å²) in [7, 11) is 0. The summed E-state index contributed by atoms with van der Waals surface area (Å²) >= 11 is 6.15. The topological polar surface area (TPSA) is 42.2 Å². The molecule has 1 heterocycles. The fourth-order valence-corrected chi connectivity index (χ4v) is 2.46. The minimum absolute atomic E-state index is 0.213. The lowest BCUT2D eigenvalue weighted by Crippen LogP contribution is -2.07. The Morgan fingerprint density at radius 1 is 1.04 bits per heavy atom. The number of rotatable bonds is 4. The molecule has 3 rings (SSSR count). The number of furan rings is 1. The maximum absolute atomic E-state index is 11.9. The highest BCUT2D eigenvalue weighted by molar-refractivity contribution is 6.33. The number of aryl methyl sites for hydroxylation is 1. The summed E-state index contributed by atoms with van der Waals surface area (Å²) in [5.41, 5.74) is 2.72. The maximum atomic E-state index is 11.9. The number of nitrogens with one attached hydrogen (secondary N) is 1. The van der Waals surface area contributed by atoms with Crippen LogP contribution in [0.3, 0.4) is 0 Å². The highest BCUT2D eigenvalue weighted by atomic mass is 35.5. The maximum Gasteiger partial charge on any atom is 0.248 e. The number of carbonyl (C=O) groups is 1. The van der Waals surface area contributed by atoms with Crippen molar-refractivity contribution in [3.05, 3.63) is 83.1 Å². The van der Waals surface area contributed by atoms with Gasteiger partial charge >= 0.3 is 0 Å². The van der Waals surface area contributed by atoms with Gasteiger partial charge in [-0.1, -0.05) is 41.4 Å². The second-order valence-electron chi connectivity index (χ2n) is 5.37. The number of benzene rings is 2. The van der Waals surface area contributed by atoms with Crippen LogP contribution in [0.15, 0.2) is 71.2 Å². The molecule has 4 heteroatoms. The van der Waals surface area contributed by atoms with Crippen molar-refractivity contribution in [1.82, 2.24) is 0 Å². The van der Waals surface area contributed by atoms with E-state index >= 15 is 0 Å². The molecule has 0 aliphatic rings. The Hall–Kier alpha value is -2.78. The highest BCUT2D eigenvalue weighted by Crippen LogP contribution is 2.29. The van der Waals surface area contributed by atoms with Crippen molar-refractivity contribution in [2.75, 3.05) is 5.32 Å². The predicted octanol–water partition coefficient (Wildman–Crippen LogP) is 5.56. The second kappa shape index (κ2) is 7.20. The Balaban J connectivity index is 1.68. The Bertz CT molecular complexity index is 879. The molecule has 0 saturated heterocycles. The van der Waals surface area contributed by atoms with Crippen LogP contribution >= 0.6 is 11.6 Å². The van der Waals surface area contributed by atoms with Crippen LogP contribution in [-0.4, -0.2) is 5.91 Å². The van der Waals surface area contributed by atoms with Gasteiger partial charge in [0.2, 0.25) is 5.91 Å². The lowest BCUT2D eigenvalue weighted by atomic mass is 10.2. The summed E-state index contributed by atoms with van der Waals surface area (Å²) in [6, 6.07) is 18.7. The van der Waals surface area contributed by atoms with Crippen LogP contribution in [0.4, 0.5) is 5.69 Å². The van der Waals surface area contributed by atoms with Gasteiger partial charge in [-0.05, 0) is 49.4 Å². The predicted molar refractivity (Wildman–Crippen MR) is 98.0 cm³/mol. The van der Waals surface area contributed by atoms with Crippen molar-refractivity contribution in [2.24, 2.45) is 0 Å². The van der Waals surface area contributed by atoms with Gasteiger partial charge < -0.3 is 9.73 Å². The summed E-state index contributed by atoms with van der Waals surface area (Å²) in [5, 5.41) is 3.42. The summed E-state index contributed by atoms with van der Waals surface area (Å²) in [4.78, 5) is 11.9. The number of anilines is 1. The minimum atomic E-state index is -0.213. The van der Waals surface area contributed by atoms with E-state index in [1.807, 2.05) is 61.5 Å². The average Bonchev–Trinajstić information content (AvgIpc) is 3.04. The van der Waals surface area contributed by atoms with Crippen LogP contribution < -0.4 is 5.32 Å². The first kappa shape index (κ1) is 16.1. The van der Waals surface area contributed by atoms with E-state index in [2.05, 4.69) is 5.32 Å². The van der Waals surface area contributed by atoms with Gasteiger partial charge in [0.15, 0.2) is 0 Å². The molecule has 0 radical (unpaired) electrons. The fraction of sp³-hybridized carbons (Fsp3) is 0.0500. The van der Waals surface area contributed by atoms with Crippen molar-refractivity contribution >= 4 is 29.3 Å². The third-order valence-corrected chi connectivity index (χ3v) is 3.81. The van der Waals surface area contributed by atoms with Gasteiger partial charge in [-0.15, -0.1) is 0 Å². The lowest BCUT2D eigenvalue weighted by Gasteiger charge is -2.01. The summed E-state index contributed by atoms with van der Waals surface area (Å²) in [6.07, 6.45) is 3.07. The number of amides is 1. The van der Waals surface area contributed by atoms with E-state index in [0.29, 0.717) is 16.5 Å². The molecule has 0 saturated carbocycles. The number of hydrogen-bond donors (Lipinski definition) is 1. The molecule has 0 fully saturated rings. The van der Waals surface area contributed by atoms with Crippen LogP contribution in [-0.2, 0) is 4.79 Å². The normalized spacial score (nSPS) is 10.9. The first-order chi connectivity index (χ1) is 11.6. The molecule has 0 aliphatic heterocycles. The molecule has 0 unspecified atom stereocenters. The molecule has 0 spiro atoms. The molecule has 0 atom stereocenters. The molecule has 1 N–H and O–H groups in total. The Labute approximate surface area is 145 Å². The van der Waals surface area contributed by atoms with Crippen LogP contribution in [0.5, 0.6) is 0 Å². The van der Waals surface area contributed by atoms with Crippen LogP contribution in [0.2, 0.25) is 5.02 Å². The van der Waals surface area contributed by atoms with Gasteiger partial charge in [-0.2, -0.15) is 0 Å². The van der Waals surface area contributed by atoms with Gasteiger partial charge in [0.1, 0.15) is 11.5 Å². The fourth-order valence-electron chi connectivity index (χ4n) is 2.23. The first-order valence-electron chi connectivity index (χ1n) is 7.52. The van der Waals surface area contributed by atoms with Crippen molar-refractivity contribution in [3.8, 4) is 11.3 Å². The van der Waals surface area contributed by atoms with E-state index in [0.717, 1.165) is 16.8 Å². The number of hydrogen-bond acceptors (Lipinski definition) is 2. The Kier molecular flexibility index (Phi) is 4.82. The molecule has 120 valence electrons. The third-order valence-electron chi connectivity index (χ3n) is 3.48. The zero-order valence-electron chi connectivity index (χ0n) is 13.1. The van der Waals surface area contributed by atoms with Crippen molar-refractivity contribution in [1.29, 1.82) is 0 Å². The molecule has 1 aromatic heterocycles. The van der Waals surface area contributed by atoms with Gasteiger partial charge in [-0.3, -0.25) is 4.79 Å². The Morgan fingerprint density at radius 2 is 1.79 bits per heavy atom. The zero-order chi connectivity index (χ0) is 16.9. The number of halogens is 1. The van der Waals surface area contributed by atoms with Crippen molar-refractivity contribution < 1.29 is 9.21 Å². The molecular formula is C20H16ClNO2. The van der Waals surface area contributed by atoms with Gasteiger partial charge in [-0.25, -0.2) is 0 Å². The third kappa shape index (κ3) is 3.94. The van der Waals surface area contributed by atoms with E-state index in [1.165, 1.54) is 6.08 Å². The van der Waals surface area contributed by atoms with Crippen molar-refractivity contribution in [3.63, 3.8) is 0 Å². The first-order valence-corrected chi connectivity index (χ1v) is 7.90. The second-order valence-corrected chi connectivity index (χ2v) is 5.78. The van der Waals surface area contributed by atoms with Crippen LogP contribution in [0, 0.1) is 6.92 Å². The van der Waals surface area contributed by atoms with E-state index in [9.17, 15) is 4.79 Å².